The molecule has 3 nitrogen and oxygen atoms in total. The molecule has 1 heterocycles. The lowest BCUT2D eigenvalue weighted by molar-refractivity contribution is 0.517. The molecule has 84 valence electrons. The van der Waals surface area contributed by atoms with Crippen molar-refractivity contribution < 1.29 is 4.42 Å². The molecule has 0 unspecified atom stereocenters. The maximum absolute atomic E-state index is 5.82. The monoisotopic (exact) mass is 236 g/mol. The van der Waals surface area contributed by atoms with Crippen molar-refractivity contribution in [2.24, 2.45) is 5.73 Å². The summed E-state index contributed by atoms with van der Waals surface area (Å²) in [7, 11) is 0. The first-order chi connectivity index (χ1) is 7.70. The molecule has 0 aliphatic heterocycles. The van der Waals surface area contributed by atoms with E-state index in [1.807, 2.05) is 31.2 Å². The largest absolute Gasteiger partial charge is 0.441 e. The van der Waals surface area contributed by atoms with Crippen LogP contribution < -0.4 is 5.73 Å². The molecule has 0 atom stereocenters. The van der Waals surface area contributed by atoms with Gasteiger partial charge in [-0.3, -0.25) is 0 Å². The van der Waals surface area contributed by atoms with Crippen LogP contribution in [0.15, 0.2) is 28.7 Å². The van der Waals surface area contributed by atoms with Crippen LogP contribution in [0.25, 0.3) is 11.5 Å². The summed E-state index contributed by atoms with van der Waals surface area (Å²) < 4.78 is 5.65. The van der Waals surface area contributed by atoms with Crippen molar-refractivity contribution in [3.05, 3.63) is 40.7 Å². The third-order valence-electron chi connectivity index (χ3n) is 2.36. The van der Waals surface area contributed by atoms with E-state index in [1.54, 1.807) is 0 Å². The second-order valence-electron chi connectivity index (χ2n) is 3.57. The van der Waals surface area contributed by atoms with E-state index >= 15 is 0 Å². The second-order valence-corrected chi connectivity index (χ2v) is 4.01. The molecule has 2 rings (SSSR count). The average molecular weight is 237 g/mol. The highest BCUT2D eigenvalue weighted by molar-refractivity contribution is 6.30. The van der Waals surface area contributed by atoms with Gasteiger partial charge in [-0.25, -0.2) is 4.98 Å². The minimum Gasteiger partial charge on any atom is -0.441 e. The molecule has 0 amide bonds. The zero-order valence-electron chi connectivity index (χ0n) is 9.03. The zero-order chi connectivity index (χ0) is 11.5. The molecule has 1 aromatic carbocycles. The maximum Gasteiger partial charge on any atom is 0.226 e. The van der Waals surface area contributed by atoms with Crippen LogP contribution in [0, 0.1) is 6.92 Å². The lowest BCUT2D eigenvalue weighted by Gasteiger charge is -1.95. The Labute approximate surface area is 99.2 Å². The van der Waals surface area contributed by atoms with Crippen molar-refractivity contribution in [2.45, 2.75) is 13.3 Å². The summed E-state index contributed by atoms with van der Waals surface area (Å²) in [6.07, 6.45) is 0.715. The Morgan fingerprint density at radius 2 is 2.00 bits per heavy atom. The molecular formula is C12H13ClN2O. The third-order valence-corrected chi connectivity index (χ3v) is 2.61. The summed E-state index contributed by atoms with van der Waals surface area (Å²) in [4.78, 5) is 4.36. The number of nitrogens with zero attached hydrogens (tertiary/aromatic N) is 1. The van der Waals surface area contributed by atoms with E-state index in [2.05, 4.69) is 4.98 Å². The number of rotatable bonds is 3. The van der Waals surface area contributed by atoms with E-state index in [1.165, 1.54) is 0 Å². The second kappa shape index (κ2) is 4.68. The number of hydrogen-bond acceptors (Lipinski definition) is 3. The van der Waals surface area contributed by atoms with Gasteiger partial charge in [-0.1, -0.05) is 11.6 Å². The van der Waals surface area contributed by atoms with Gasteiger partial charge in [0.1, 0.15) is 5.76 Å². The molecule has 0 bridgehead atoms. The van der Waals surface area contributed by atoms with Crippen molar-refractivity contribution >= 4 is 11.6 Å². The molecule has 0 saturated carbocycles. The Hall–Kier alpha value is -1.32. The first kappa shape index (κ1) is 11.2. The van der Waals surface area contributed by atoms with Crippen LogP contribution in [0.4, 0.5) is 0 Å². The van der Waals surface area contributed by atoms with Gasteiger partial charge in [0.2, 0.25) is 5.89 Å². The summed E-state index contributed by atoms with van der Waals surface area (Å²) in [5, 5.41) is 0.703. The minimum absolute atomic E-state index is 0.566. The van der Waals surface area contributed by atoms with Crippen molar-refractivity contribution in [3.8, 4) is 11.5 Å². The first-order valence-electron chi connectivity index (χ1n) is 5.13. The average Bonchev–Trinajstić information content (AvgIpc) is 2.62. The predicted octanol–water partition coefficient (Wildman–Crippen LogP) is 2.80. The normalized spacial score (nSPS) is 10.7. The fraction of sp³-hybridized carbons (Fsp3) is 0.250. The molecule has 2 aromatic rings. The third kappa shape index (κ3) is 2.26. The van der Waals surface area contributed by atoms with Crippen LogP contribution in [-0.4, -0.2) is 11.5 Å². The van der Waals surface area contributed by atoms with Crippen molar-refractivity contribution in [2.75, 3.05) is 6.54 Å². The van der Waals surface area contributed by atoms with Gasteiger partial charge in [-0.05, 0) is 37.7 Å². The van der Waals surface area contributed by atoms with Gasteiger partial charge in [0.25, 0.3) is 0 Å². The Kier molecular flexibility index (Phi) is 3.27. The number of hydrogen-bond donors (Lipinski definition) is 1. The fourth-order valence-corrected chi connectivity index (χ4v) is 1.63. The number of halogens is 1. The van der Waals surface area contributed by atoms with Gasteiger partial charge in [-0.15, -0.1) is 0 Å². The quantitative estimate of drug-likeness (QED) is 0.892. The molecule has 0 aliphatic carbocycles. The Bertz CT molecular complexity index is 476. The van der Waals surface area contributed by atoms with E-state index in [4.69, 9.17) is 21.8 Å². The molecule has 0 aliphatic rings. The van der Waals surface area contributed by atoms with Crippen LogP contribution in [-0.2, 0) is 6.42 Å². The lowest BCUT2D eigenvalue weighted by atomic mass is 10.2. The van der Waals surface area contributed by atoms with Crippen molar-refractivity contribution in [3.63, 3.8) is 0 Å². The Balaban J connectivity index is 2.33. The zero-order valence-corrected chi connectivity index (χ0v) is 9.79. The van der Waals surface area contributed by atoms with E-state index in [-0.39, 0.29) is 0 Å². The SMILES string of the molecule is Cc1nc(-c2ccc(Cl)cc2)oc1CCN. The Morgan fingerprint density at radius 3 is 2.62 bits per heavy atom. The van der Waals surface area contributed by atoms with E-state index in [9.17, 15) is 0 Å². The molecule has 0 fully saturated rings. The summed E-state index contributed by atoms with van der Waals surface area (Å²) in [6.45, 7) is 2.49. The number of benzene rings is 1. The van der Waals surface area contributed by atoms with Gasteiger partial charge in [0, 0.05) is 17.0 Å². The molecule has 0 spiro atoms. The van der Waals surface area contributed by atoms with Crippen molar-refractivity contribution in [1.82, 2.24) is 4.98 Å². The summed E-state index contributed by atoms with van der Waals surface area (Å²) in [5.74, 6) is 1.48. The predicted molar refractivity (Wildman–Crippen MR) is 64.4 cm³/mol. The highest BCUT2D eigenvalue weighted by atomic mass is 35.5. The molecule has 2 N–H and O–H groups in total. The van der Waals surface area contributed by atoms with Crippen LogP contribution in [0.5, 0.6) is 0 Å². The van der Waals surface area contributed by atoms with Crippen LogP contribution in [0.3, 0.4) is 0 Å². The summed E-state index contributed by atoms with van der Waals surface area (Å²) in [6, 6.07) is 7.41. The van der Waals surface area contributed by atoms with Gasteiger partial charge in [0.05, 0.1) is 5.69 Å². The van der Waals surface area contributed by atoms with Crippen LogP contribution in [0.2, 0.25) is 5.02 Å². The highest BCUT2D eigenvalue weighted by Gasteiger charge is 2.10. The molecule has 0 radical (unpaired) electrons. The van der Waals surface area contributed by atoms with E-state index < -0.39 is 0 Å². The molecular weight excluding hydrogens is 224 g/mol. The number of oxazole rings is 1. The molecule has 16 heavy (non-hydrogen) atoms. The molecule has 0 saturated heterocycles. The topological polar surface area (TPSA) is 52.0 Å². The Morgan fingerprint density at radius 1 is 1.31 bits per heavy atom. The number of aryl methyl sites for hydroxylation is 1. The van der Waals surface area contributed by atoms with E-state index in [0.29, 0.717) is 23.9 Å². The molecule has 1 aromatic heterocycles. The maximum atomic E-state index is 5.82. The van der Waals surface area contributed by atoms with Crippen LogP contribution >= 0.6 is 11.6 Å². The number of nitrogens with two attached hydrogens (primary N) is 1. The van der Waals surface area contributed by atoms with Gasteiger partial charge >= 0.3 is 0 Å². The summed E-state index contributed by atoms with van der Waals surface area (Å²) in [5.41, 5.74) is 7.32. The minimum atomic E-state index is 0.566. The summed E-state index contributed by atoms with van der Waals surface area (Å²) >= 11 is 5.82. The lowest BCUT2D eigenvalue weighted by Crippen LogP contribution is -2.02. The standard InChI is InChI=1S/C12H13ClN2O/c1-8-11(6-7-14)16-12(15-8)9-2-4-10(13)5-3-9/h2-5H,6-7,14H2,1H3. The smallest absolute Gasteiger partial charge is 0.226 e. The van der Waals surface area contributed by atoms with Crippen LogP contribution in [0.1, 0.15) is 11.5 Å². The van der Waals surface area contributed by atoms with Gasteiger partial charge in [0.15, 0.2) is 0 Å². The van der Waals surface area contributed by atoms with Gasteiger partial charge < -0.3 is 10.2 Å². The number of aromatic nitrogens is 1. The van der Waals surface area contributed by atoms with Gasteiger partial charge in [-0.2, -0.15) is 0 Å². The highest BCUT2D eigenvalue weighted by Crippen LogP contribution is 2.23. The fourth-order valence-electron chi connectivity index (χ4n) is 1.51. The first-order valence-corrected chi connectivity index (χ1v) is 5.51. The van der Waals surface area contributed by atoms with E-state index in [0.717, 1.165) is 17.0 Å². The van der Waals surface area contributed by atoms with Crippen molar-refractivity contribution in [1.29, 1.82) is 0 Å². The molecule has 4 heteroatoms.